The lowest BCUT2D eigenvalue weighted by Crippen LogP contribution is -2.25. The molecule has 5 nitrogen and oxygen atoms in total. The minimum Gasteiger partial charge on any atom is -0.351 e. The smallest absolute Gasteiger partial charge is 0.230 e. The summed E-state index contributed by atoms with van der Waals surface area (Å²) in [7, 11) is 0. The summed E-state index contributed by atoms with van der Waals surface area (Å²) in [6.45, 7) is 0.187. The first-order valence-electron chi connectivity index (χ1n) is 9.56. The van der Waals surface area contributed by atoms with Crippen LogP contribution in [-0.4, -0.2) is 26.0 Å². The number of aromatic nitrogens is 3. The largest absolute Gasteiger partial charge is 0.351 e. The molecular formula is C23H21FN4OS. The summed E-state index contributed by atoms with van der Waals surface area (Å²) in [6, 6.07) is 20.3. The van der Waals surface area contributed by atoms with Gasteiger partial charge in [-0.1, -0.05) is 36.4 Å². The van der Waals surface area contributed by atoms with Gasteiger partial charge in [0.25, 0.3) is 0 Å². The molecule has 0 aliphatic rings. The lowest BCUT2D eigenvalue weighted by molar-refractivity contribution is -0.118. The highest BCUT2D eigenvalue weighted by atomic mass is 32.2. The third kappa shape index (κ3) is 4.63. The minimum absolute atomic E-state index is 0.124. The van der Waals surface area contributed by atoms with Gasteiger partial charge >= 0.3 is 0 Å². The van der Waals surface area contributed by atoms with Crippen molar-refractivity contribution in [3.05, 3.63) is 102 Å². The van der Waals surface area contributed by atoms with E-state index in [1.165, 1.54) is 17.8 Å². The molecule has 0 aliphatic carbocycles. The Morgan fingerprint density at radius 1 is 0.967 bits per heavy atom. The normalized spacial score (nSPS) is 10.8. The monoisotopic (exact) mass is 420 g/mol. The Morgan fingerprint density at radius 2 is 1.70 bits per heavy atom. The first kappa shape index (κ1) is 20.0. The maximum Gasteiger partial charge on any atom is 0.230 e. The molecule has 2 heterocycles. The summed E-state index contributed by atoms with van der Waals surface area (Å²) in [4.78, 5) is 12.2. The van der Waals surface area contributed by atoms with E-state index in [1.807, 2.05) is 70.3 Å². The second-order valence-corrected chi connectivity index (χ2v) is 7.68. The van der Waals surface area contributed by atoms with Gasteiger partial charge in [-0.25, -0.2) is 9.07 Å². The van der Waals surface area contributed by atoms with Crippen LogP contribution in [0, 0.1) is 5.82 Å². The van der Waals surface area contributed by atoms with E-state index in [4.69, 9.17) is 0 Å². The highest BCUT2D eigenvalue weighted by Gasteiger charge is 2.14. The lowest BCUT2D eigenvalue weighted by atomic mass is 10.2. The number of para-hydroxylation sites is 1. The van der Waals surface area contributed by atoms with Crippen molar-refractivity contribution >= 4 is 17.7 Å². The number of nitrogens with zero attached hydrogens (tertiary/aromatic N) is 3. The van der Waals surface area contributed by atoms with Gasteiger partial charge in [0.05, 0.1) is 17.6 Å². The van der Waals surface area contributed by atoms with Gasteiger partial charge in [-0.3, -0.25) is 4.79 Å². The summed E-state index contributed by atoms with van der Waals surface area (Å²) in [5.74, 6) is 1.44. The van der Waals surface area contributed by atoms with Crippen LogP contribution in [0.5, 0.6) is 0 Å². The average Bonchev–Trinajstić information content (AvgIpc) is 3.43. The highest BCUT2D eigenvalue weighted by molar-refractivity contribution is 7.99. The number of carbonyl (C=O) groups excluding carboxylic acids is 1. The Morgan fingerprint density at radius 3 is 2.47 bits per heavy atom. The van der Waals surface area contributed by atoms with E-state index in [0.717, 1.165) is 17.1 Å². The van der Waals surface area contributed by atoms with Crippen molar-refractivity contribution in [2.45, 2.75) is 12.3 Å². The fourth-order valence-electron chi connectivity index (χ4n) is 3.13. The quantitative estimate of drug-likeness (QED) is 0.461. The molecule has 0 fully saturated rings. The van der Waals surface area contributed by atoms with Crippen molar-refractivity contribution in [3.8, 4) is 11.5 Å². The van der Waals surface area contributed by atoms with Crippen molar-refractivity contribution in [3.63, 3.8) is 0 Å². The number of nitrogens with one attached hydrogen (secondary N) is 1. The van der Waals surface area contributed by atoms with E-state index < -0.39 is 0 Å². The number of carbonyl (C=O) groups is 1. The molecule has 0 saturated heterocycles. The molecule has 0 radical (unpaired) electrons. The van der Waals surface area contributed by atoms with Gasteiger partial charge in [-0.15, -0.1) is 11.8 Å². The summed E-state index contributed by atoms with van der Waals surface area (Å²) in [5, 5.41) is 7.34. The minimum atomic E-state index is -0.310. The number of benzene rings is 2. The molecule has 2 aromatic carbocycles. The van der Waals surface area contributed by atoms with Crippen molar-refractivity contribution in [2.24, 2.45) is 0 Å². The zero-order valence-electron chi connectivity index (χ0n) is 16.2. The summed E-state index contributed by atoms with van der Waals surface area (Å²) in [5.41, 5.74) is 2.48. The Labute approximate surface area is 178 Å². The van der Waals surface area contributed by atoms with E-state index in [0.29, 0.717) is 11.3 Å². The second-order valence-electron chi connectivity index (χ2n) is 6.69. The van der Waals surface area contributed by atoms with Crippen molar-refractivity contribution in [1.82, 2.24) is 19.7 Å². The van der Waals surface area contributed by atoms with Crippen LogP contribution in [0.15, 0.2) is 85.3 Å². The van der Waals surface area contributed by atoms with Crippen molar-refractivity contribution in [2.75, 3.05) is 5.75 Å². The number of thioether (sulfide) groups is 1. The zero-order valence-corrected chi connectivity index (χ0v) is 17.1. The van der Waals surface area contributed by atoms with Crippen LogP contribution in [0.2, 0.25) is 0 Å². The Hall–Kier alpha value is -3.32. The Kier molecular flexibility index (Phi) is 6.29. The molecule has 2 aromatic heterocycles. The highest BCUT2D eigenvalue weighted by Crippen LogP contribution is 2.23. The lowest BCUT2D eigenvalue weighted by Gasteiger charge is -2.11. The van der Waals surface area contributed by atoms with Crippen LogP contribution in [-0.2, 0) is 17.1 Å². The predicted octanol–water partition coefficient (Wildman–Crippen LogP) is 4.35. The van der Waals surface area contributed by atoms with Crippen LogP contribution in [0.1, 0.15) is 11.1 Å². The Balaban J connectivity index is 1.41. The first-order valence-corrected chi connectivity index (χ1v) is 10.7. The molecule has 152 valence electrons. The van der Waals surface area contributed by atoms with Crippen LogP contribution >= 0.6 is 11.8 Å². The summed E-state index contributed by atoms with van der Waals surface area (Å²) >= 11 is 1.50. The molecule has 0 spiro atoms. The predicted molar refractivity (Wildman–Crippen MR) is 117 cm³/mol. The molecule has 7 heteroatoms. The first-order chi connectivity index (χ1) is 14.7. The fourth-order valence-corrected chi connectivity index (χ4v) is 3.94. The van der Waals surface area contributed by atoms with Gasteiger partial charge in [-0.2, -0.15) is 5.10 Å². The number of hydrogen-bond donors (Lipinski definition) is 1. The van der Waals surface area contributed by atoms with Crippen molar-refractivity contribution < 1.29 is 9.18 Å². The van der Waals surface area contributed by atoms with Crippen LogP contribution in [0.25, 0.3) is 11.5 Å². The van der Waals surface area contributed by atoms with Gasteiger partial charge in [0, 0.05) is 35.8 Å². The molecule has 0 saturated carbocycles. The summed E-state index contributed by atoms with van der Waals surface area (Å²) < 4.78 is 17.6. The maximum absolute atomic E-state index is 13.7. The van der Waals surface area contributed by atoms with E-state index in [1.54, 1.807) is 18.2 Å². The van der Waals surface area contributed by atoms with Crippen LogP contribution < -0.4 is 5.32 Å². The van der Waals surface area contributed by atoms with E-state index in [-0.39, 0.29) is 24.0 Å². The van der Waals surface area contributed by atoms with Crippen molar-refractivity contribution in [1.29, 1.82) is 0 Å². The number of hydrogen-bond acceptors (Lipinski definition) is 3. The summed E-state index contributed by atoms with van der Waals surface area (Å²) in [6.07, 6.45) is 5.80. The SMILES string of the molecule is O=C(CSCc1cnn(-c2ccccc2)c1-n1cccc1)NCc1ccccc1F. The molecule has 4 rings (SSSR count). The van der Waals surface area contributed by atoms with E-state index in [9.17, 15) is 9.18 Å². The third-order valence-electron chi connectivity index (χ3n) is 4.59. The third-order valence-corrected chi connectivity index (χ3v) is 5.57. The average molecular weight is 421 g/mol. The van der Waals surface area contributed by atoms with Gasteiger partial charge in [0.2, 0.25) is 5.91 Å². The second kappa shape index (κ2) is 9.45. The topological polar surface area (TPSA) is 51.9 Å². The number of rotatable bonds is 8. The van der Waals surface area contributed by atoms with Gasteiger partial charge in [0.15, 0.2) is 0 Å². The number of halogens is 1. The molecular weight excluding hydrogens is 399 g/mol. The number of amides is 1. The van der Waals surface area contributed by atoms with Crippen LogP contribution in [0.4, 0.5) is 4.39 Å². The molecule has 0 bridgehead atoms. The fraction of sp³-hybridized carbons (Fsp3) is 0.130. The van der Waals surface area contributed by atoms with Crippen LogP contribution in [0.3, 0.4) is 0 Å². The van der Waals surface area contributed by atoms with Gasteiger partial charge in [-0.05, 0) is 30.3 Å². The molecule has 1 N–H and O–H groups in total. The Bertz CT molecular complexity index is 1110. The van der Waals surface area contributed by atoms with E-state index >= 15 is 0 Å². The molecule has 30 heavy (non-hydrogen) atoms. The molecule has 4 aromatic rings. The zero-order chi connectivity index (χ0) is 20.8. The molecule has 1 amide bonds. The van der Waals surface area contributed by atoms with Gasteiger partial charge in [0.1, 0.15) is 11.6 Å². The standard InChI is InChI=1S/C23H21FN4OS/c24-21-11-5-4-8-18(21)14-25-22(29)17-30-16-19-15-26-28(20-9-2-1-3-10-20)23(19)27-12-6-7-13-27/h1-13,15H,14,16-17H2,(H,25,29). The van der Waals surface area contributed by atoms with E-state index in [2.05, 4.69) is 10.4 Å². The molecule has 0 atom stereocenters. The molecule has 0 aliphatic heterocycles. The van der Waals surface area contributed by atoms with Gasteiger partial charge < -0.3 is 9.88 Å². The molecule has 0 unspecified atom stereocenters. The maximum atomic E-state index is 13.7.